The zero-order valence-electron chi connectivity index (χ0n) is 15.3. The Labute approximate surface area is 164 Å². The standard InChI is InChI=1S/C21H25ClN2O3/c22-17-4-2-1-3-16(17)13-23-9-11-24(12-10-23)20(25)18-14-5-7-15(8-6-14)19(18)21(26)27/h1-5,7,14-15,18-19H,6,8-13H2,(H,26,27)/t14-,15+,18+,19+/m1/s1. The average Bonchev–Trinajstić information content (AvgIpc) is 2.70. The molecule has 5 nitrogen and oxygen atoms in total. The summed E-state index contributed by atoms with van der Waals surface area (Å²) in [5, 5.41) is 10.5. The van der Waals surface area contributed by atoms with E-state index in [1.807, 2.05) is 35.2 Å². The number of hydrogen-bond acceptors (Lipinski definition) is 3. The largest absolute Gasteiger partial charge is 0.481 e. The second-order valence-electron chi connectivity index (χ2n) is 7.87. The fourth-order valence-corrected chi connectivity index (χ4v) is 5.07. The number of carboxylic acids is 1. The first-order valence-corrected chi connectivity index (χ1v) is 10.1. The zero-order chi connectivity index (χ0) is 19.0. The number of carbonyl (C=O) groups is 2. The normalized spacial score (nSPS) is 30.5. The molecule has 2 fully saturated rings. The van der Waals surface area contributed by atoms with E-state index in [-0.39, 0.29) is 17.7 Å². The van der Waals surface area contributed by atoms with Crippen LogP contribution in [0.3, 0.4) is 0 Å². The van der Waals surface area contributed by atoms with Gasteiger partial charge in [-0.25, -0.2) is 0 Å². The van der Waals surface area contributed by atoms with Gasteiger partial charge in [-0.3, -0.25) is 14.5 Å². The van der Waals surface area contributed by atoms with Crippen molar-refractivity contribution < 1.29 is 14.7 Å². The number of carbonyl (C=O) groups excluding carboxylic acids is 1. The van der Waals surface area contributed by atoms with E-state index >= 15 is 0 Å². The van der Waals surface area contributed by atoms with Crippen LogP contribution in [0.5, 0.6) is 0 Å². The highest BCUT2D eigenvalue weighted by molar-refractivity contribution is 6.31. The molecule has 1 aromatic carbocycles. The van der Waals surface area contributed by atoms with Gasteiger partial charge in [0.2, 0.25) is 5.91 Å². The third-order valence-corrected chi connectivity index (χ3v) is 6.72. The van der Waals surface area contributed by atoms with Crippen LogP contribution in [0.15, 0.2) is 36.4 Å². The molecule has 0 radical (unpaired) electrons. The third-order valence-electron chi connectivity index (χ3n) is 6.35. The molecular formula is C21H25ClN2O3. The predicted octanol–water partition coefficient (Wildman–Crippen LogP) is 2.90. The van der Waals surface area contributed by atoms with Crippen LogP contribution in [0.25, 0.3) is 0 Å². The molecule has 4 atom stereocenters. The van der Waals surface area contributed by atoms with Gasteiger partial charge < -0.3 is 10.0 Å². The number of allylic oxidation sites excluding steroid dienone is 2. The minimum Gasteiger partial charge on any atom is -0.481 e. The number of hydrogen-bond donors (Lipinski definition) is 1. The maximum atomic E-state index is 13.2. The number of rotatable bonds is 4. The van der Waals surface area contributed by atoms with E-state index in [1.54, 1.807) is 0 Å². The van der Waals surface area contributed by atoms with Crippen LogP contribution in [0.4, 0.5) is 0 Å². The fraction of sp³-hybridized carbons (Fsp3) is 0.524. The van der Waals surface area contributed by atoms with E-state index in [4.69, 9.17) is 11.6 Å². The first kappa shape index (κ1) is 18.5. The Morgan fingerprint density at radius 3 is 2.22 bits per heavy atom. The summed E-state index contributed by atoms with van der Waals surface area (Å²) in [6.07, 6.45) is 5.89. The van der Waals surface area contributed by atoms with Gasteiger partial charge in [0, 0.05) is 37.7 Å². The van der Waals surface area contributed by atoms with Crippen molar-refractivity contribution in [1.82, 2.24) is 9.80 Å². The Kier molecular flexibility index (Phi) is 5.24. The van der Waals surface area contributed by atoms with Crippen molar-refractivity contribution in [1.29, 1.82) is 0 Å². The number of aliphatic carboxylic acids is 1. The third kappa shape index (κ3) is 3.63. The zero-order valence-corrected chi connectivity index (χ0v) is 16.0. The molecule has 0 unspecified atom stereocenters. The molecule has 1 aromatic rings. The lowest BCUT2D eigenvalue weighted by atomic mass is 9.62. The van der Waals surface area contributed by atoms with Crippen LogP contribution in [0.1, 0.15) is 18.4 Å². The van der Waals surface area contributed by atoms with Gasteiger partial charge in [0.05, 0.1) is 11.8 Å². The minimum atomic E-state index is -0.829. The highest BCUT2D eigenvalue weighted by atomic mass is 35.5. The molecule has 1 amide bonds. The molecule has 3 aliphatic carbocycles. The summed E-state index contributed by atoms with van der Waals surface area (Å²) >= 11 is 6.25. The summed E-state index contributed by atoms with van der Waals surface area (Å²) in [5.41, 5.74) is 1.10. The van der Waals surface area contributed by atoms with Crippen LogP contribution in [0, 0.1) is 23.7 Å². The van der Waals surface area contributed by atoms with Crippen molar-refractivity contribution in [2.24, 2.45) is 23.7 Å². The topological polar surface area (TPSA) is 60.9 Å². The van der Waals surface area contributed by atoms with Gasteiger partial charge in [-0.15, -0.1) is 0 Å². The summed E-state index contributed by atoms with van der Waals surface area (Å²) in [6.45, 7) is 3.63. The molecule has 144 valence electrons. The number of halogens is 1. The average molecular weight is 389 g/mol. The number of nitrogens with zero attached hydrogens (tertiary/aromatic N) is 2. The summed E-state index contributed by atoms with van der Waals surface area (Å²) in [4.78, 5) is 29.1. The molecule has 5 rings (SSSR count). The predicted molar refractivity (Wildman–Crippen MR) is 103 cm³/mol. The van der Waals surface area contributed by atoms with Crippen molar-refractivity contribution in [3.05, 3.63) is 47.0 Å². The Bertz CT molecular complexity index is 758. The van der Waals surface area contributed by atoms with Crippen LogP contribution in [-0.2, 0) is 16.1 Å². The maximum Gasteiger partial charge on any atom is 0.307 e. The first-order valence-electron chi connectivity index (χ1n) is 9.70. The molecule has 0 spiro atoms. The van der Waals surface area contributed by atoms with Gasteiger partial charge in [0.15, 0.2) is 0 Å². The Hall–Kier alpha value is -1.85. The number of amides is 1. The minimum absolute atomic E-state index is 0.00274. The smallest absolute Gasteiger partial charge is 0.307 e. The van der Waals surface area contributed by atoms with E-state index in [0.717, 1.165) is 43.1 Å². The first-order chi connectivity index (χ1) is 13.0. The molecular weight excluding hydrogens is 364 g/mol. The maximum absolute atomic E-state index is 13.2. The monoisotopic (exact) mass is 388 g/mol. The molecule has 1 heterocycles. The molecule has 27 heavy (non-hydrogen) atoms. The van der Waals surface area contributed by atoms with Gasteiger partial charge in [-0.1, -0.05) is 42.0 Å². The fourth-order valence-electron chi connectivity index (χ4n) is 4.87. The Balaban J connectivity index is 1.39. The van der Waals surface area contributed by atoms with Crippen molar-refractivity contribution in [2.75, 3.05) is 26.2 Å². The summed E-state index contributed by atoms with van der Waals surface area (Å²) < 4.78 is 0. The number of benzene rings is 1. The van der Waals surface area contributed by atoms with Crippen molar-refractivity contribution in [3.8, 4) is 0 Å². The van der Waals surface area contributed by atoms with Crippen molar-refractivity contribution in [3.63, 3.8) is 0 Å². The van der Waals surface area contributed by atoms with Gasteiger partial charge >= 0.3 is 5.97 Å². The molecule has 1 N–H and O–H groups in total. The number of fused-ring (bicyclic) bond motifs is 2. The lowest BCUT2D eigenvalue weighted by molar-refractivity contribution is -0.157. The highest BCUT2D eigenvalue weighted by Crippen LogP contribution is 2.45. The second-order valence-corrected chi connectivity index (χ2v) is 8.28. The van der Waals surface area contributed by atoms with Crippen LogP contribution < -0.4 is 0 Å². The Morgan fingerprint density at radius 2 is 1.63 bits per heavy atom. The quantitative estimate of drug-likeness (QED) is 0.806. The van der Waals surface area contributed by atoms with Gasteiger partial charge in [-0.2, -0.15) is 0 Å². The number of carboxylic acid groups (broad SMARTS) is 1. The van der Waals surface area contributed by atoms with Crippen molar-refractivity contribution >= 4 is 23.5 Å². The molecule has 4 aliphatic rings. The van der Waals surface area contributed by atoms with Crippen LogP contribution in [0.2, 0.25) is 5.02 Å². The molecule has 1 saturated carbocycles. The molecule has 1 aliphatic heterocycles. The van der Waals surface area contributed by atoms with E-state index in [2.05, 4.69) is 11.0 Å². The van der Waals surface area contributed by atoms with E-state index in [0.29, 0.717) is 13.1 Å². The Morgan fingerprint density at radius 1 is 1.00 bits per heavy atom. The SMILES string of the molecule is O=C(O)[C@@H]1[C@@H](C(=O)N2CCN(Cc3ccccc3Cl)CC2)[C@@H]2C=C[C@H]1CC2. The van der Waals surface area contributed by atoms with Gasteiger partial charge in [0.25, 0.3) is 0 Å². The van der Waals surface area contributed by atoms with Gasteiger partial charge in [-0.05, 0) is 36.3 Å². The molecule has 1 saturated heterocycles. The van der Waals surface area contributed by atoms with E-state index in [9.17, 15) is 14.7 Å². The van der Waals surface area contributed by atoms with E-state index in [1.165, 1.54) is 0 Å². The van der Waals surface area contributed by atoms with Crippen LogP contribution >= 0.6 is 11.6 Å². The summed E-state index contributed by atoms with van der Waals surface area (Å²) in [6, 6.07) is 7.84. The van der Waals surface area contributed by atoms with Crippen LogP contribution in [-0.4, -0.2) is 53.0 Å². The van der Waals surface area contributed by atoms with Crippen molar-refractivity contribution in [2.45, 2.75) is 19.4 Å². The summed E-state index contributed by atoms with van der Waals surface area (Å²) in [7, 11) is 0. The second kappa shape index (κ2) is 7.64. The number of piperazine rings is 1. The van der Waals surface area contributed by atoms with E-state index < -0.39 is 17.8 Å². The van der Waals surface area contributed by atoms with Gasteiger partial charge in [0.1, 0.15) is 0 Å². The summed E-state index contributed by atoms with van der Waals surface area (Å²) in [5.74, 6) is -1.69. The molecule has 6 heteroatoms. The molecule has 0 aromatic heterocycles. The lowest BCUT2D eigenvalue weighted by Crippen LogP contribution is -2.55. The molecule has 2 bridgehead atoms. The highest BCUT2D eigenvalue weighted by Gasteiger charge is 2.49. The lowest BCUT2D eigenvalue weighted by Gasteiger charge is -2.45.